The lowest BCUT2D eigenvalue weighted by Crippen LogP contribution is -2.02. The Kier molecular flexibility index (Phi) is 3.74. The molecule has 2 aromatic heterocycles. The molecule has 0 aliphatic carbocycles. The van der Waals surface area contributed by atoms with Crippen molar-refractivity contribution < 1.29 is 14.2 Å². The molecule has 19 heavy (non-hydrogen) atoms. The van der Waals surface area contributed by atoms with Gasteiger partial charge in [0, 0.05) is 11.8 Å². The van der Waals surface area contributed by atoms with E-state index in [2.05, 4.69) is 26.3 Å². The van der Waals surface area contributed by atoms with E-state index in [1.165, 1.54) is 21.3 Å². The Bertz CT molecular complexity index is 567. The molecular weight excluding hydrogens is 248 g/mol. The number of hydrogen-bond donors (Lipinski definition) is 0. The average molecular weight is 261 g/mol. The molecule has 0 saturated heterocycles. The molecule has 0 aliphatic rings. The molecule has 2 aromatic rings. The summed E-state index contributed by atoms with van der Waals surface area (Å²) in [6, 6.07) is 1.72. The predicted molar refractivity (Wildman–Crippen MR) is 66.3 cm³/mol. The molecule has 99 valence electrons. The second-order valence-corrected chi connectivity index (χ2v) is 3.59. The fraction of sp³-hybridized carbons (Fsp3) is 0.333. The molecule has 7 nitrogen and oxygen atoms in total. The summed E-state index contributed by atoms with van der Waals surface area (Å²) in [6.07, 6.45) is 2.45. The topological polar surface area (TPSA) is 79.2 Å². The standard InChI is InChI=1S/C12H13N4O3/c1-7-5-8(17-2)16-10(15-7)9-11(18-3)13-6-14-12(9)19-4/h5H,1-4H3. The zero-order valence-electron chi connectivity index (χ0n) is 11.1. The van der Waals surface area contributed by atoms with Gasteiger partial charge in [-0.05, 0) is 6.92 Å². The number of methoxy groups -OCH3 is 3. The fourth-order valence-corrected chi connectivity index (χ4v) is 1.56. The van der Waals surface area contributed by atoms with Gasteiger partial charge in [-0.25, -0.2) is 4.98 Å². The summed E-state index contributed by atoms with van der Waals surface area (Å²) in [5, 5.41) is 0. The molecule has 0 amide bonds. The first kappa shape index (κ1) is 13.0. The second kappa shape index (κ2) is 5.47. The summed E-state index contributed by atoms with van der Waals surface area (Å²) >= 11 is 0. The van der Waals surface area contributed by atoms with E-state index < -0.39 is 0 Å². The molecule has 0 unspecified atom stereocenters. The van der Waals surface area contributed by atoms with Gasteiger partial charge in [-0.3, -0.25) is 0 Å². The van der Waals surface area contributed by atoms with Gasteiger partial charge >= 0.3 is 0 Å². The van der Waals surface area contributed by atoms with Crippen molar-refractivity contribution in [2.75, 3.05) is 21.3 Å². The van der Waals surface area contributed by atoms with Crippen LogP contribution in [0.2, 0.25) is 0 Å². The van der Waals surface area contributed by atoms with Crippen LogP contribution in [-0.4, -0.2) is 41.3 Å². The van der Waals surface area contributed by atoms with Gasteiger partial charge in [-0.1, -0.05) is 0 Å². The van der Waals surface area contributed by atoms with Gasteiger partial charge in [0.1, 0.15) is 5.56 Å². The molecule has 2 heterocycles. The molecule has 0 bridgehead atoms. The van der Waals surface area contributed by atoms with Crippen molar-refractivity contribution in [1.29, 1.82) is 0 Å². The quantitative estimate of drug-likeness (QED) is 0.814. The van der Waals surface area contributed by atoms with E-state index >= 15 is 0 Å². The smallest absolute Gasteiger partial charge is 0.232 e. The highest BCUT2D eigenvalue weighted by Gasteiger charge is 2.19. The first-order chi connectivity index (χ1) is 9.19. The van der Waals surface area contributed by atoms with Gasteiger partial charge in [0.2, 0.25) is 24.0 Å². The molecule has 0 aliphatic heterocycles. The van der Waals surface area contributed by atoms with Crippen LogP contribution in [0.5, 0.6) is 17.6 Å². The summed E-state index contributed by atoms with van der Waals surface area (Å²) in [6.45, 7) is 1.84. The molecule has 7 heteroatoms. The van der Waals surface area contributed by atoms with Gasteiger partial charge in [0.25, 0.3) is 0 Å². The van der Waals surface area contributed by atoms with Crippen LogP contribution < -0.4 is 14.2 Å². The van der Waals surface area contributed by atoms with Crippen molar-refractivity contribution >= 4 is 0 Å². The van der Waals surface area contributed by atoms with Crippen molar-refractivity contribution in [3.05, 3.63) is 18.1 Å². The monoisotopic (exact) mass is 261 g/mol. The fourth-order valence-electron chi connectivity index (χ4n) is 1.56. The number of ether oxygens (including phenoxy) is 3. The first-order valence-electron chi connectivity index (χ1n) is 5.45. The lowest BCUT2D eigenvalue weighted by Gasteiger charge is -2.10. The minimum Gasteiger partial charge on any atom is -0.481 e. The van der Waals surface area contributed by atoms with Crippen molar-refractivity contribution in [3.8, 4) is 29.0 Å². The second-order valence-electron chi connectivity index (χ2n) is 3.59. The number of hydrogen-bond acceptors (Lipinski definition) is 7. The summed E-state index contributed by atoms with van der Waals surface area (Å²) in [4.78, 5) is 16.4. The van der Waals surface area contributed by atoms with Crippen molar-refractivity contribution in [1.82, 2.24) is 19.9 Å². The Hall–Kier alpha value is -2.44. The van der Waals surface area contributed by atoms with Gasteiger partial charge < -0.3 is 14.2 Å². The Morgan fingerprint density at radius 2 is 1.58 bits per heavy atom. The molecule has 0 saturated carbocycles. The van der Waals surface area contributed by atoms with E-state index in [9.17, 15) is 0 Å². The van der Waals surface area contributed by atoms with Crippen molar-refractivity contribution in [2.45, 2.75) is 6.92 Å². The Balaban J connectivity index is 2.66. The van der Waals surface area contributed by atoms with Gasteiger partial charge in [0.05, 0.1) is 21.3 Å². The zero-order chi connectivity index (χ0) is 13.8. The van der Waals surface area contributed by atoms with E-state index in [4.69, 9.17) is 14.2 Å². The lowest BCUT2D eigenvalue weighted by molar-refractivity contribution is 0.372. The first-order valence-corrected chi connectivity index (χ1v) is 5.45. The maximum atomic E-state index is 5.17. The van der Waals surface area contributed by atoms with E-state index in [1.54, 1.807) is 6.07 Å². The highest BCUT2D eigenvalue weighted by molar-refractivity contribution is 5.67. The molecule has 0 spiro atoms. The summed E-state index contributed by atoms with van der Waals surface area (Å²) < 4.78 is 15.5. The predicted octanol–water partition coefficient (Wildman–Crippen LogP) is 1.07. The molecule has 2 rings (SSSR count). The normalized spacial score (nSPS) is 10.1. The summed E-state index contributed by atoms with van der Waals surface area (Å²) in [7, 11) is 4.52. The van der Waals surface area contributed by atoms with Crippen LogP contribution >= 0.6 is 0 Å². The summed E-state index contributed by atoms with van der Waals surface area (Å²) in [5.74, 6) is 1.40. The third kappa shape index (κ3) is 2.54. The SMILES string of the molecule is COc1cc(C)nc(-c2c(OC)n[c]nc2OC)n1. The number of aromatic nitrogens is 4. The Labute approximate surface area is 110 Å². The number of aryl methyl sites for hydroxylation is 1. The Morgan fingerprint density at radius 1 is 0.947 bits per heavy atom. The van der Waals surface area contributed by atoms with Crippen LogP contribution in [0.15, 0.2) is 6.07 Å². The van der Waals surface area contributed by atoms with E-state index in [0.717, 1.165) is 5.69 Å². The highest BCUT2D eigenvalue weighted by Crippen LogP contribution is 2.33. The van der Waals surface area contributed by atoms with E-state index in [-0.39, 0.29) is 0 Å². The third-order valence-corrected chi connectivity index (χ3v) is 2.38. The number of nitrogens with zero attached hydrogens (tertiary/aromatic N) is 4. The Morgan fingerprint density at radius 3 is 2.11 bits per heavy atom. The van der Waals surface area contributed by atoms with Crippen LogP contribution in [0.4, 0.5) is 0 Å². The lowest BCUT2D eigenvalue weighted by atomic mass is 10.2. The molecule has 0 atom stereocenters. The largest absolute Gasteiger partial charge is 0.481 e. The maximum Gasteiger partial charge on any atom is 0.232 e. The average Bonchev–Trinajstić information content (AvgIpc) is 2.45. The van der Waals surface area contributed by atoms with E-state index in [1.807, 2.05) is 6.92 Å². The maximum absolute atomic E-state index is 5.17. The minimum absolute atomic E-state index is 0.291. The van der Waals surface area contributed by atoms with E-state index in [0.29, 0.717) is 29.0 Å². The van der Waals surface area contributed by atoms with Gasteiger partial charge in [0.15, 0.2) is 5.82 Å². The van der Waals surface area contributed by atoms with Crippen LogP contribution in [-0.2, 0) is 0 Å². The van der Waals surface area contributed by atoms with Crippen LogP contribution in [0.25, 0.3) is 11.4 Å². The van der Waals surface area contributed by atoms with Crippen LogP contribution in [0.1, 0.15) is 5.69 Å². The molecule has 0 N–H and O–H groups in total. The van der Waals surface area contributed by atoms with Crippen LogP contribution in [0, 0.1) is 13.3 Å². The minimum atomic E-state index is 0.291. The zero-order valence-corrected chi connectivity index (χ0v) is 11.1. The van der Waals surface area contributed by atoms with Gasteiger partial charge in [-0.15, -0.1) is 0 Å². The number of rotatable bonds is 4. The molecule has 0 aromatic carbocycles. The van der Waals surface area contributed by atoms with Gasteiger partial charge in [-0.2, -0.15) is 15.0 Å². The summed E-state index contributed by atoms with van der Waals surface area (Å²) in [5.41, 5.74) is 1.21. The molecular formula is C12H13N4O3. The third-order valence-electron chi connectivity index (χ3n) is 2.38. The highest BCUT2D eigenvalue weighted by atomic mass is 16.5. The molecule has 0 fully saturated rings. The van der Waals surface area contributed by atoms with Crippen molar-refractivity contribution in [2.24, 2.45) is 0 Å². The molecule has 1 radical (unpaired) electrons. The van der Waals surface area contributed by atoms with Crippen molar-refractivity contribution in [3.63, 3.8) is 0 Å². The van der Waals surface area contributed by atoms with Crippen LogP contribution in [0.3, 0.4) is 0 Å².